The van der Waals surface area contributed by atoms with E-state index in [2.05, 4.69) is 44.7 Å². The minimum Gasteiger partial charge on any atom is -0.374 e. The van der Waals surface area contributed by atoms with E-state index in [0.29, 0.717) is 52.0 Å². The fourth-order valence-electron chi connectivity index (χ4n) is 2.55. The minimum atomic E-state index is 0.411. The highest BCUT2D eigenvalue weighted by Gasteiger charge is 2.08. The van der Waals surface area contributed by atoms with Crippen LogP contribution < -0.4 is 10.6 Å². The van der Waals surface area contributed by atoms with Crippen molar-refractivity contribution >= 4 is 54.1 Å². The number of halogens is 1. The van der Waals surface area contributed by atoms with Crippen LogP contribution in [0.25, 0.3) is 0 Å². The van der Waals surface area contributed by atoms with Gasteiger partial charge in [-0.15, -0.1) is 22.6 Å². The first kappa shape index (κ1) is 30.0. The van der Waals surface area contributed by atoms with Crippen LogP contribution in [0.2, 0.25) is 5.02 Å². The monoisotopic (exact) mass is 507 g/mol. The molecule has 35 heavy (non-hydrogen) atoms. The van der Waals surface area contributed by atoms with E-state index in [9.17, 15) is 4.79 Å². The summed E-state index contributed by atoms with van der Waals surface area (Å²) < 4.78 is 0. The van der Waals surface area contributed by atoms with Crippen LogP contribution >= 0.6 is 23.4 Å². The molecule has 0 saturated heterocycles. The second-order valence-corrected chi connectivity index (χ2v) is 9.26. The van der Waals surface area contributed by atoms with Crippen LogP contribution in [0, 0.1) is 0 Å². The largest absolute Gasteiger partial charge is 0.374 e. The summed E-state index contributed by atoms with van der Waals surface area (Å²) in [6, 6.07) is 7.52. The Hall–Kier alpha value is -3.06. The Kier molecular flexibility index (Phi) is 13.5. The van der Waals surface area contributed by atoms with Crippen molar-refractivity contribution in [3.8, 4) is 0 Å². The van der Waals surface area contributed by atoms with E-state index in [1.165, 1.54) is 11.8 Å². The quantitative estimate of drug-likeness (QED) is 0.0725. The summed E-state index contributed by atoms with van der Waals surface area (Å²) in [6.45, 7) is 17.3. The minimum absolute atomic E-state index is 0.411. The summed E-state index contributed by atoms with van der Waals surface area (Å²) in [5.41, 5.74) is 8.04. The van der Waals surface area contributed by atoms with Gasteiger partial charge in [0.2, 0.25) is 6.41 Å². The molecule has 0 heterocycles. The Balaban J connectivity index is 2.93. The first-order valence-corrected chi connectivity index (χ1v) is 12.1. The zero-order valence-corrected chi connectivity index (χ0v) is 22.5. The van der Waals surface area contributed by atoms with Crippen molar-refractivity contribution in [3.05, 3.63) is 88.0 Å². The van der Waals surface area contributed by atoms with Crippen molar-refractivity contribution in [2.75, 3.05) is 5.75 Å². The second kappa shape index (κ2) is 15.8. The van der Waals surface area contributed by atoms with Gasteiger partial charge in [-0.3, -0.25) is 4.79 Å². The number of hydrogen-bond donors (Lipinski definition) is 2. The zero-order chi connectivity index (χ0) is 26.4. The van der Waals surface area contributed by atoms with Gasteiger partial charge in [0, 0.05) is 28.6 Å². The molecule has 0 aliphatic rings. The van der Waals surface area contributed by atoms with Crippen LogP contribution in [0.5, 0.6) is 0 Å². The molecule has 0 fully saturated rings. The van der Waals surface area contributed by atoms with E-state index >= 15 is 0 Å². The molecule has 0 atom stereocenters. The zero-order valence-electron chi connectivity index (χ0n) is 20.9. The summed E-state index contributed by atoms with van der Waals surface area (Å²) in [7, 11) is 5.95. The molecule has 0 spiro atoms. The predicted molar refractivity (Wildman–Crippen MR) is 153 cm³/mol. The van der Waals surface area contributed by atoms with Crippen molar-refractivity contribution < 1.29 is 4.79 Å². The SMILES string of the molecule is [B]C(=C/C(=C)C)/C(C)=N\N=C(/C)SCC(C)=N/C(NC=O)=C(\C)C(=C=C)NCc1ccc(Cl)cc1. The maximum absolute atomic E-state index is 11.2. The normalized spacial score (nSPS) is 13.5. The fraction of sp³-hybridized carbons (Fsp3) is 0.269. The van der Waals surface area contributed by atoms with Gasteiger partial charge in [0.15, 0.2) is 0 Å². The molecule has 0 aliphatic heterocycles. The number of carbonyl (C=O) groups is 1. The molecule has 0 saturated carbocycles. The maximum Gasteiger partial charge on any atom is 0.212 e. The van der Waals surface area contributed by atoms with Crippen molar-refractivity contribution in [1.82, 2.24) is 10.6 Å². The lowest BCUT2D eigenvalue weighted by Gasteiger charge is -2.13. The molecule has 1 aromatic carbocycles. The van der Waals surface area contributed by atoms with Gasteiger partial charge >= 0.3 is 0 Å². The first-order chi connectivity index (χ1) is 16.6. The molecule has 2 radical (unpaired) electrons. The van der Waals surface area contributed by atoms with Gasteiger partial charge in [0.1, 0.15) is 13.7 Å². The number of allylic oxidation sites excluding steroid dienone is 4. The highest BCUT2D eigenvalue weighted by Crippen LogP contribution is 2.15. The van der Waals surface area contributed by atoms with Crippen molar-refractivity contribution in [2.24, 2.45) is 15.2 Å². The Morgan fingerprint density at radius 1 is 1.17 bits per heavy atom. The molecule has 6 nitrogen and oxygen atoms in total. The van der Waals surface area contributed by atoms with E-state index in [4.69, 9.17) is 19.4 Å². The van der Waals surface area contributed by atoms with Crippen LogP contribution in [0.1, 0.15) is 40.2 Å². The number of hydrogen-bond acceptors (Lipinski definition) is 6. The van der Waals surface area contributed by atoms with Crippen LogP contribution in [0.4, 0.5) is 0 Å². The highest BCUT2D eigenvalue weighted by molar-refractivity contribution is 8.14. The van der Waals surface area contributed by atoms with Gasteiger partial charge in [-0.1, -0.05) is 54.0 Å². The molecule has 0 aromatic heterocycles. The van der Waals surface area contributed by atoms with Gasteiger partial charge in [0.25, 0.3) is 0 Å². The maximum atomic E-state index is 11.2. The number of amides is 1. The number of thioether (sulfide) groups is 1. The Morgan fingerprint density at radius 3 is 2.40 bits per heavy atom. The van der Waals surface area contributed by atoms with Crippen LogP contribution in [0.3, 0.4) is 0 Å². The highest BCUT2D eigenvalue weighted by atomic mass is 35.5. The third-order valence-electron chi connectivity index (χ3n) is 4.44. The van der Waals surface area contributed by atoms with Crippen molar-refractivity contribution in [3.63, 3.8) is 0 Å². The summed E-state index contributed by atoms with van der Waals surface area (Å²) in [5.74, 6) is 0.970. The number of nitrogens with one attached hydrogen (secondary N) is 2. The van der Waals surface area contributed by atoms with E-state index in [1.807, 2.05) is 52.0 Å². The third-order valence-corrected chi connectivity index (χ3v) is 5.75. The Bertz CT molecular complexity index is 1130. The fourth-order valence-corrected chi connectivity index (χ4v) is 3.26. The Labute approximate surface area is 219 Å². The van der Waals surface area contributed by atoms with Crippen molar-refractivity contribution in [1.29, 1.82) is 0 Å². The molecule has 0 aliphatic carbocycles. The van der Waals surface area contributed by atoms with Crippen LogP contribution in [-0.2, 0) is 11.3 Å². The van der Waals surface area contributed by atoms with E-state index in [0.717, 1.165) is 21.9 Å². The standard InChI is InChI=1S/C26H31BClN5OS/c1-8-25(29-14-22-9-11-23(28)12-10-22)19(5)26(30-16-34)31-18(4)15-35-21(7)33-32-20(6)24(27)13-17(2)3/h9-13,16,29H,1-2,14-15H2,3-7H3,(H,30,34)/b24-13+,26-19+,31-18?,32-20-,33-21+. The summed E-state index contributed by atoms with van der Waals surface area (Å²) >= 11 is 7.43. The second-order valence-electron chi connectivity index (χ2n) is 7.65. The topological polar surface area (TPSA) is 78.2 Å². The van der Waals surface area contributed by atoms with Crippen LogP contribution in [-0.4, -0.2) is 36.5 Å². The molecule has 2 N–H and O–H groups in total. The van der Waals surface area contributed by atoms with Gasteiger partial charge in [-0.05, 0) is 52.3 Å². The lowest BCUT2D eigenvalue weighted by Crippen LogP contribution is -2.19. The van der Waals surface area contributed by atoms with Gasteiger partial charge < -0.3 is 10.6 Å². The van der Waals surface area contributed by atoms with E-state index in [-0.39, 0.29) is 0 Å². The number of carbonyl (C=O) groups excluding carboxylic acids is 1. The summed E-state index contributed by atoms with van der Waals surface area (Å²) in [5, 5.41) is 15.7. The smallest absolute Gasteiger partial charge is 0.212 e. The molecule has 1 amide bonds. The molecule has 1 rings (SSSR count). The van der Waals surface area contributed by atoms with Crippen molar-refractivity contribution in [2.45, 2.75) is 41.2 Å². The lowest BCUT2D eigenvalue weighted by molar-refractivity contribution is -0.108. The van der Waals surface area contributed by atoms with Gasteiger partial charge in [-0.2, -0.15) is 5.10 Å². The molecule has 9 heteroatoms. The number of aliphatic imine (C=N–C) groups is 1. The third kappa shape index (κ3) is 11.8. The average molecular weight is 508 g/mol. The van der Waals surface area contributed by atoms with E-state index in [1.54, 1.807) is 13.0 Å². The average Bonchev–Trinajstić information content (AvgIpc) is 2.81. The van der Waals surface area contributed by atoms with Gasteiger partial charge in [0.05, 0.1) is 16.5 Å². The number of benzene rings is 1. The molecule has 1 aromatic rings. The first-order valence-electron chi connectivity index (χ1n) is 10.8. The molecule has 0 unspecified atom stereocenters. The number of rotatable bonds is 12. The molecule has 182 valence electrons. The summed E-state index contributed by atoms with van der Waals surface area (Å²) in [6.07, 6.45) is 2.34. The van der Waals surface area contributed by atoms with Crippen LogP contribution in [0.15, 0.2) is 92.6 Å². The number of nitrogens with zero attached hydrogens (tertiary/aromatic N) is 3. The Morgan fingerprint density at radius 2 is 1.83 bits per heavy atom. The molecular weight excluding hydrogens is 477 g/mol. The predicted octanol–water partition coefficient (Wildman–Crippen LogP) is 5.69. The molecular formula is C26H31BClN5OS. The van der Waals surface area contributed by atoms with Gasteiger partial charge in [-0.25, -0.2) is 4.99 Å². The lowest BCUT2D eigenvalue weighted by atomic mass is 9.90. The molecule has 0 bridgehead atoms. The van der Waals surface area contributed by atoms with E-state index < -0.39 is 0 Å². The summed E-state index contributed by atoms with van der Waals surface area (Å²) in [4.78, 5) is 15.8.